The number of urea groups is 1. The van der Waals surface area contributed by atoms with E-state index in [0.29, 0.717) is 6.54 Å². The monoisotopic (exact) mass is 382 g/mol. The molecule has 1 fully saturated rings. The normalized spacial score (nSPS) is 14.9. The molecule has 2 rings (SSSR count). The van der Waals surface area contributed by atoms with Crippen LogP contribution < -0.4 is 10.2 Å². The molecule has 0 radical (unpaired) electrons. The number of hydrogen-bond donors (Lipinski definition) is 2. The molecule has 1 heterocycles. The molecule has 1 aliphatic heterocycles. The second kappa shape index (κ2) is 10.2. The standard InChI is InChI=1S/C18H27ClN4O3/c1-21(9-6-17(24)25)18(26)20-7-3-8-22-10-12-23(13-11-22)16-5-2-4-15(19)14-16/h2,4-5,14H,3,6-13H2,1H3,(H,20,26)(H,24,25). The summed E-state index contributed by atoms with van der Waals surface area (Å²) in [6.07, 6.45) is 0.830. The van der Waals surface area contributed by atoms with Gasteiger partial charge in [0.2, 0.25) is 0 Å². The van der Waals surface area contributed by atoms with Crippen LogP contribution in [0.15, 0.2) is 24.3 Å². The quantitative estimate of drug-likeness (QED) is 0.672. The van der Waals surface area contributed by atoms with E-state index in [9.17, 15) is 9.59 Å². The highest BCUT2D eigenvalue weighted by molar-refractivity contribution is 6.30. The van der Waals surface area contributed by atoms with E-state index in [0.717, 1.165) is 49.9 Å². The lowest BCUT2D eigenvalue weighted by Gasteiger charge is -2.36. The average molecular weight is 383 g/mol. The zero-order chi connectivity index (χ0) is 18.9. The third-order valence-corrected chi connectivity index (χ3v) is 4.72. The minimum atomic E-state index is -0.901. The fourth-order valence-electron chi connectivity index (χ4n) is 2.90. The number of nitrogens with zero attached hydrogens (tertiary/aromatic N) is 3. The largest absolute Gasteiger partial charge is 0.481 e. The summed E-state index contributed by atoms with van der Waals surface area (Å²) in [6, 6.07) is 7.71. The number of amides is 2. The molecule has 0 aliphatic carbocycles. The minimum absolute atomic E-state index is 0.0408. The van der Waals surface area contributed by atoms with Crippen molar-refractivity contribution in [3.63, 3.8) is 0 Å². The van der Waals surface area contributed by atoms with Gasteiger partial charge in [-0.15, -0.1) is 0 Å². The van der Waals surface area contributed by atoms with E-state index in [1.54, 1.807) is 7.05 Å². The van der Waals surface area contributed by atoms with Gasteiger partial charge in [-0.2, -0.15) is 0 Å². The number of carbonyl (C=O) groups is 2. The number of piperazine rings is 1. The summed E-state index contributed by atoms with van der Waals surface area (Å²) in [5.41, 5.74) is 1.16. The van der Waals surface area contributed by atoms with E-state index in [-0.39, 0.29) is 19.0 Å². The van der Waals surface area contributed by atoms with Crippen LogP contribution in [0, 0.1) is 0 Å². The molecule has 1 aromatic carbocycles. The summed E-state index contributed by atoms with van der Waals surface area (Å²) in [6.45, 7) is 5.63. The first kappa shape index (κ1) is 20.3. The summed E-state index contributed by atoms with van der Waals surface area (Å²) < 4.78 is 0. The van der Waals surface area contributed by atoms with Crippen LogP contribution in [0.2, 0.25) is 5.02 Å². The average Bonchev–Trinajstić information content (AvgIpc) is 2.63. The van der Waals surface area contributed by atoms with Crippen LogP contribution in [0.5, 0.6) is 0 Å². The van der Waals surface area contributed by atoms with Crippen LogP contribution in [0.3, 0.4) is 0 Å². The molecule has 7 nitrogen and oxygen atoms in total. The SMILES string of the molecule is CN(CCC(=O)O)C(=O)NCCCN1CCN(c2cccc(Cl)c2)CC1. The number of halogens is 1. The zero-order valence-corrected chi connectivity index (χ0v) is 15.9. The maximum Gasteiger partial charge on any atom is 0.317 e. The number of nitrogens with one attached hydrogen (secondary N) is 1. The van der Waals surface area contributed by atoms with Gasteiger partial charge in [0, 0.05) is 57.0 Å². The van der Waals surface area contributed by atoms with Crippen LogP contribution in [0.1, 0.15) is 12.8 Å². The van der Waals surface area contributed by atoms with Gasteiger partial charge >= 0.3 is 12.0 Å². The minimum Gasteiger partial charge on any atom is -0.481 e. The third kappa shape index (κ3) is 6.72. The van der Waals surface area contributed by atoms with E-state index in [2.05, 4.69) is 21.2 Å². The Balaban J connectivity index is 1.60. The molecule has 26 heavy (non-hydrogen) atoms. The summed E-state index contributed by atoms with van der Waals surface area (Å²) in [5.74, 6) is -0.901. The maximum absolute atomic E-state index is 11.8. The molecule has 0 atom stereocenters. The van der Waals surface area contributed by atoms with E-state index in [4.69, 9.17) is 16.7 Å². The fraction of sp³-hybridized carbons (Fsp3) is 0.556. The van der Waals surface area contributed by atoms with Gasteiger partial charge in [-0.3, -0.25) is 9.69 Å². The lowest BCUT2D eigenvalue weighted by molar-refractivity contribution is -0.137. The predicted molar refractivity (Wildman–Crippen MR) is 103 cm³/mol. The molecule has 1 aliphatic rings. The Kier molecular flexibility index (Phi) is 8.00. The molecule has 8 heteroatoms. The second-order valence-corrected chi connectivity index (χ2v) is 6.90. The van der Waals surface area contributed by atoms with Gasteiger partial charge in [-0.1, -0.05) is 17.7 Å². The maximum atomic E-state index is 11.8. The first-order valence-electron chi connectivity index (χ1n) is 8.89. The molecule has 0 bridgehead atoms. The molecule has 1 aromatic rings. The fourth-order valence-corrected chi connectivity index (χ4v) is 3.08. The zero-order valence-electron chi connectivity index (χ0n) is 15.2. The predicted octanol–water partition coefficient (Wildman–Crippen LogP) is 1.97. The van der Waals surface area contributed by atoms with E-state index in [1.165, 1.54) is 4.90 Å². The number of carboxylic acids is 1. The van der Waals surface area contributed by atoms with E-state index in [1.807, 2.05) is 18.2 Å². The van der Waals surface area contributed by atoms with Gasteiger partial charge in [0.1, 0.15) is 0 Å². The van der Waals surface area contributed by atoms with Gasteiger partial charge in [0.05, 0.1) is 6.42 Å². The van der Waals surface area contributed by atoms with Crippen LogP contribution in [0.25, 0.3) is 0 Å². The molecule has 0 unspecified atom stereocenters. The molecular formula is C18H27ClN4O3. The molecular weight excluding hydrogens is 356 g/mol. The molecule has 2 amide bonds. The molecule has 0 saturated carbocycles. The number of rotatable bonds is 8. The second-order valence-electron chi connectivity index (χ2n) is 6.46. The van der Waals surface area contributed by atoms with Crippen molar-refractivity contribution in [2.24, 2.45) is 0 Å². The highest BCUT2D eigenvalue weighted by Gasteiger charge is 2.17. The highest BCUT2D eigenvalue weighted by Crippen LogP contribution is 2.20. The number of benzene rings is 1. The Bertz CT molecular complexity index is 606. The molecule has 1 saturated heterocycles. The summed E-state index contributed by atoms with van der Waals surface area (Å²) in [4.78, 5) is 28.5. The van der Waals surface area contributed by atoms with Gasteiger partial charge in [-0.05, 0) is 31.2 Å². The van der Waals surface area contributed by atoms with Crippen molar-refractivity contribution >= 4 is 29.3 Å². The molecule has 2 N–H and O–H groups in total. The smallest absolute Gasteiger partial charge is 0.317 e. The Labute approximate surface area is 159 Å². The number of carboxylic acid groups (broad SMARTS) is 1. The van der Waals surface area contributed by atoms with E-state index < -0.39 is 5.97 Å². The van der Waals surface area contributed by atoms with E-state index >= 15 is 0 Å². The van der Waals surface area contributed by atoms with Crippen molar-refractivity contribution in [2.75, 3.05) is 57.8 Å². The number of hydrogen-bond acceptors (Lipinski definition) is 4. The number of aliphatic carboxylic acids is 1. The van der Waals surface area contributed by atoms with Crippen LogP contribution in [-0.4, -0.2) is 79.8 Å². The first-order chi connectivity index (χ1) is 12.5. The molecule has 0 aromatic heterocycles. The van der Waals surface area contributed by atoms with Crippen molar-refractivity contribution < 1.29 is 14.7 Å². The number of carbonyl (C=O) groups excluding carboxylic acids is 1. The van der Waals surface area contributed by atoms with Crippen molar-refractivity contribution in [3.05, 3.63) is 29.3 Å². The third-order valence-electron chi connectivity index (χ3n) is 4.48. The van der Waals surface area contributed by atoms with Crippen molar-refractivity contribution in [2.45, 2.75) is 12.8 Å². The van der Waals surface area contributed by atoms with Gasteiger partial charge in [0.25, 0.3) is 0 Å². The van der Waals surface area contributed by atoms with Crippen molar-refractivity contribution in [1.82, 2.24) is 15.1 Å². The lowest BCUT2D eigenvalue weighted by atomic mass is 10.2. The summed E-state index contributed by atoms with van der Waals surface area (Å²) in [7, 11) is 1.60. The van der Waals surface area contributed by atoms with Crippen molar-refractivity contribution in [1.29, 1.82) is 0 Å². The van der Waals surface area contributed by atoms with Crippen molar-refractivity contribution in [3.8, 4) is 0 Å². The van der Waals surface area contributed by atoms with Crippen LogP contribution >= 0.6 is 11.6 Å². The lowest BCUT2D eigenvalue weighted by Crippen LogP contribution is -2.47. The van der Waals surface area contributed by atoms with Crippen LogP contribution in [0.4, 0.5) is 10.5 Å². The highest BCUT2D eigenvalue weighted by atomic mass is 35.5. The summed E-state index contributed by atoms with van der Waals surface area (Å²) in [5, 5.41) is 12.2. The topological polar surface area (TPSA) is 76.1 Å². The molecule has 0 spiro atoms. The van der Waals surface area contributed by atoms with Crippen LogP contribution in [-0.2, 0) is 4.79 Å². The Morgan fingerprint density at radius 3 is 2.65 bits per heavy atom. The van der Waals surface area contributed by atoms with Gasteiger partial charge in [0.15, 0.2) is 0 Å². The molecule has 144 valence electrons. The van der Waals surface area contributed by atoms with Gasteiger partial charge < -0.3 is 20.2 Å². The Morgan fingerprint density at radius 1 is 1.27 bits per heavy atom. The Morgan fingerprint density at radius 2 is 2.00 bits per heavy atom. The van der Waals surface area contributed by atoms with Gasteiger partial charge in [-0.25, -0.2) is 4.79 Å². The number of anilines is 1. The summed E-state index contributed by atoms with van der Waals surface area (Å²) >= 11 is 6.06. The first-order valence-corrected chi connectivity index (χ1v) is 9.27. The Hall–Kier alpha value is -1.99.